The van der Waals surface area contributed by atoms with Crippen molar-refractivity contribution in [1.82, 2.24) is 8.87 Å². The third-order valence-corrected chi connectivity index (χ3v) is 7.91. The Morgan fingerprint density at radius 1 is 0.968 bits per heavy atom. The molecule has 3 aromatic rings. The second-order valence-electron chi connectivity index (χ2n) is 6.80. The minimum atomic E-state index is -3.46. The predicted molar refractivity (Wildman–Crippen MR) is 126 cm³/mol. The molecule has 0 bridgehead atoms. The monoisotopic (exact) mass is 459 g/mol. The predicted octanol–water partition coefficient (Wildman–Crippen LogP) is 4.90. The molecule has 1 heterocycles. The summed E-state index contributed by atoms with van der Waals surface area (Å²) in [5.74, 6) is 0.830. The summed E-state index contributed by atoms with van der Waals surface area (Å²) in [6, 6.07) is 14.8. The Bertz CT molecular complexity index is 1160. The fourth-order valence-electron chi connectivity index (χ4n) is 3.36. The number of aromatic nitrogens is 1. The zero-order valence-corrected chi connectivity index (χ0v) is 20.0. The normalized spacial score (nSPS) is 12.5. The molecule has 2 aromatic carbocycles. The van der Waals surface area contributed by atoms with E-state index in [0.717, 1.165) is 34.0 Å². The summed E-state index contributed by atoms with van der Waals surface area (Å²) in [4.78, 5) is 5.99. The van der Waals surface area contributed by atoms with Crippen molar-refractivity contribution < 1.29 is 13.2 Å². The van der Waals surface area contributed by atoms with Crippen LogP contribution in [-0.4, -0.2) is 37.0 Å². The van der Waals surface area contributed by atoms with E-state index in [2.05, 4.69) is 16.9 Å². The van der Waals surface area contributed by atoms with Gasteiger partial charge in [0.05, 0.1) is 22.9 Å². The van der Waals surface area contributed by atoms with E-state index in [0.29, 0.717) is 24.6 Å². The standard InChI is InChI=1S/C23H29N3O3S2/c1-5-25(6-2)31(27,28)21-15-9-18(10-16-21)22-17-30-23(26(22)7-3)24-19-11-13-20(14-12-19)29-8-4/h9-17H,5-8H2,1-4H3. The van der Waals surface area contributed by atoms with E-state index in [4.69, 9.17) is 9.73 Å². The maximum atomic E-state index is 12.7. The van der Waals surface area contributed by atoms with Gasteiger partial charge in [0, 0.05) is 25.0 Å². The van der Waals surface area contributed by atoms with E-state index >= 15 is 0 Å². The van der Waals surface area contributed by atoms with Gasteiger partial charge >= 0.3 is 0 Å². The van der Waals surface area contributed by atoms with Crippen molar-refractivity contribution in [2.75, 3.05) is 19.7 Å². The number of thiazole rings is 1. The first-order chi connectivity index (χ1) is 14.9. The van der Waals surface area contributed by atoms with Gasteiger partial charge in [-0.2, -0.15) is 4.31 Å². The van der Waals surface area contributed by atoms with Gasteiger partial charge in [-0.05, 0) is 55.8 Å². The van der Waals surface area contributed by atoms with Gasteiger partial charge in [0.1, 0.15) is 5.75 Å². The second kappa shape index (κ2) is 10.3. The van der Waals surface area contributed by atoms with Gasteiger partial charge in [-0.3, -0.25) is 0 Å². The Balaban J connectivity index is 1.93. The molecule has 0 aliphatic carbocycles. The maximum Gasteiger partial charge on any atom is 0.243 e. The highest BCUT2D eigenvalue weighted by Gasteiger charge is 2.21. The molecule has 0 saturated heterocycles. The van der Waals surface area contributed by atoms with E-state index in [1.165, 1.54) is 4.31 Å². The first kappa shape index (κ1) is 23.2. The van der Waals surface area contributed by atoms with E-state index in [-0.39, 0.29) is 0 Å². The molecule has 0 saturated carbocycles. The van der Waals surface area contributed by atoms with Crippen molar-refractivity contribution in [1.29, 1.82) is 0 Å². The number of nitrogens with zero attached hydrogens (tertiary/aromatic N) is 3. The molecule has 0 spiro atoms. The van der Waals surface area contributed by atoms with Crippen LogP contribution in [0.3, 0.4) is 0 Å². The number of hydrogen-bond acceptors (Lipinski definition) is 5. The average Bonchev–Trinajstić information content (AvgIpc) is 3.18. The van der Waals surface area contributed by atoms with Gasteiger partial charge < -0.3 is 9.30 Å². The highest BCUT2D eigenvalue weighted by molar-refractivity contribution is 7.89. The highest BCUT2D eigenvalue weighted by Crippen LogP contribution is 2.24. The van der Waals surface area contributed by atoms with E-state index in [1.54, 1.807) is 23.5 Å². The summed E-state index contributed by atoms with van der Waals surface area (Å²) < 4.78 is 34.6. The zero-order valence-electron chi connectivity index (χ0n) is 18.4. The first-order valence-electron chi connectivity index (χ1n) is 10.5. The molecule has 0 amide bonds. The van der Waals surface area contributed by atoms with Crippen LogP contribution < -0.4 is 9.54 Å². The lowest BCUT2D eigenvalue weighted by molar-refractivity contribution is 0.340. The molecule has 1 aromatic heterocycles. The number of benzene rings is 2. The largest absolute Gasteiger partial charge is 0.494 e. The minimum Gasteiger partial charge on any atom is -0.494 e. The molecule has 31 heavy (non-hydrogen) atoms. The van der Waals surface area contributed by atoms with Crippen molar-refractivity contribution in [2.45, 2.75) is 39.1 Å². The lowest BCUT2D eigenvalue weighted by atomic mass is 10.2. The third kappa shape index (κ3) is 5.08. The Labute approximate surface area is 188 Å². The molecule has 6 nitrogen and oxygen atoms in total. The van der Waals surface area contributed by atoms with Crippen molar-refractivity contribution >= 4 is 27.0 Å². The fraction of sp³-hybridized carbons (Fsp3) is 0.348. The van der Waals surface area contributed by atoms with Gasteiger partial charge in [0.2, 0.25) is 10.0 Å². The SMILES string of the molecule is CCOc1ccc(N=c2scc(-c3ccc(S(=O)(=O)N(CC)CC)cc3)n2CC)cc1. The lowest BCUT2D eigenvalue weighted by Crippen LogP contribution is -2.30. The van der Waals surface area contributed by atoms with Crippen LogP contribution in [0.25, 0.3) is 11.3 Å². The number of rotatable bonds is 9. The quantitative estimate of drug-likeness (QED) is 0.457. The van der Waals surface area contributed by atoms with Crippen LogP contribution in [0.15, 0.2) is 63.8 Å². The van der Waals surface area contributed by atoms with Gasteiger partial charge in [-0.1, -0.05) is 26.0 Å². The van der Waals surface area contributed by atoms with Gasteiger partial charge in [0.25, 0.3) is 0 Å². The number of hydrogen-bond donors (Lipinski definition) is 0. The molecule has 0 N–H and O–H groups in total. The van der Waals surface area contributed by atoms with Gasteiger partial charge in [0.15, 0.2) is 4.80 Å². The molecule has 166 valence electrons. The molecule has 0 fully saturated rings. The van der Waals surface area contributed by atoms with Crippen molar-refractivity contribution in [3.8, 4) is 17.0 Å². The number of ether oxygens (including phenoxy) is 1. The van der Waals surface area contributed by atoms with Crippen LogP contribution in [0.4, 0.5) is 5.69 Å². The van der Waals surface area contributed by atoms with Gasteiger partial charge in [-0.15, -0.1) is 11.3 Å². The Morgan fingerprint density at radius 3 is 2.16 bits per heavy atom. The molecule has 0 radical (unpaired) electrons. The Hall–Kier alpha value is -2.42. The van der Waals surface area contributed by atoms with Crippen LogP contribution in [0.5, 0.6) is 5.75 Å². The van der Waals surface area contributed by atoms with Crippen LogP contribution in [-0.2, 0) is 16.6 Å². The van der Waals surface area contributed by atoms with E-state index in [9.17, 15) is 8.42 Å². The van der Waals surface area contributed by atoms with E-state index in [1.807, 2.05) is 57.2 Å². The topological polar surface area (TPSA) is 63.9 Å². The minimum absolute atomic E-state index is 0.317. The summed E-state index contributed by atoms with van der Waals surface area (Å²) in [5.41, 5.74) is 2.84. The Morgan fingerprint density at radius 2 is 1.61 bits per heavy atom. The molecule has 0 aliphatic heterocycles. The zero-order chi connectivity index (χ0) is 22.4. The van der Waals surface area contributed by atoms with Crippen molar-refractivity contribution in [2.24, 2.45) is 4.99 Å². The van der Waals surface area contributed by atoms with E-state index < -0.39 is 10.0 Å². The first-order valence-corrected chi connectivity index (χ1v) is 12.8. The van der Waals surface area contributed by atoms with Crippen LogP contribution >= 0.6 is 11.3 Å². The fourth-order valence-corrected chi connectivity index (χ4v) is 5.81. The molecule has 3 rings (SSSR count). The molecule has 0 atom stereocenters. The maximum absolute atomic E-state index is 12.7. The van der Waals surface area contributed by atoms with Crippen LogP contribution in [0.1, 0.15) is 27.7 Å². The number of sulfonamides is 1. The third-order valence-electron chi connectivity index (χ3n) is 4.98. The van der Waals surface area contributed by atoms with Crippen LogP contribution in [0, 0.1) is 0 Å². The highest BCUT2D eigenvalue weighted by atomic mass is 32.2. The summed E-state index contributed by atoms with van der Waals surface area (Å²) in [6.07, 6.45) is 0. The molecular formula is C23H29N3O3S2. The smallest absolute Gasteiger partial charge is 0.243 e. The van der Waals surface area contributed by atoms with Crippen molar-refractivity contribution in [3.05, 3.63) is 58.7 Å². The average molecular weight is 460 g/mol. The summed E-state index contributed by atoms with van der Waals surface area (Å²) in [7, 11) is -3.46. The molecule has 8 heteroatoms. The molecule has 0 aliphatic rings. The van der Waals surface area contributed by atoms with Crippen molar-refractivity contribution in [3.63, 3.8) is 0 Å². The summed E-state index contributed by atoms with van der Waals surface area (Å²) in [5, 5.41) is 2.06. The molecule has 0 unspecified atom stereocenters. The summed E-state index contributed by atoms with van der Waals surface area (Å²) in [6.45, 7) is 10.0. The van der Waals surface area contributed by atoms with Gasteiger partial charge in [-0.25, -0.2) is 13.4 Å². The molecular weight excluding hydrogens is 430 g/mol. The van der Waals surface area contributed by atoms with Crippen LogP contribution in [0.2, 0.25) is 0 Å². The lowest BCUT2D eigenvalue weighted by Gasteiger charge is -2.18. The second-order valence-corrected chi connectivity index (χ2v) is 9.57. The Kier molecular flexibility index (Phi) is 7.69. The summed E-state index contributed by atoms with van der Waals surface area (Å²) >= 11 is 1.57.